The second kappa shape index (κ2) is 9.18. The molecule has 2 atom stereocenters. The lowest BCUT2D eigenvalue weighted by atomic mass is 9.51. The van der Waals surface area contributed by atoms with E-state index in [1.165, 1.54) is 25.7 Å². The first-order chi connectivity index (χ1) is 9.76. The molecule has 0 amide bonds. The Morgan fingerprint density at radius 2 is 2.05 bits per heavy atom. The zero-order chi connectivity index (χ0) is 14.4. The highest BCUT2D eigenvalue weighted by Crippen LogP contribution is 2.57. The third kappa shape index (κ3) is 4.24. The summed E-state index contributed by atoms with van der Waals surface area (Å²) in [5.41, 5.74) is 0.400. The first kappa shape index (κ1) is 19.0. The van der Waals surface area contributed by atoms with Crippen molar-refractivity contribution in [3.63, 3.8) is 0 Å². The topological polar surface area (TPSA) is 45.7 Å². The molecule has 0 aromatic carbocycles. The van der Waals surface area contributed by atoms with Crippen LogP contribution in [0.3, 0.4) is 0 Å². The normalized spacial score (nSPS) is 26.5. The molecular formula is C16H32IN3O. The standard InChI is InChI=1S/C16H31N3O.HI/c1-4-7-11-18-15(17-5-2)19-13-12-14(20-6-3)16(13)9-8-10-16;/h13-14H,4-12H2,1-3H3,(H2,17,18,19);1H. The van der Waals surface area contributed by atoms with Crippen LogP contribution < -0.4 is 10.6 Å². The predicted molar refractivity (Wildman–Crippen MR) is 99.5 cm³/mol. The van der Waals surface area contributed by atoms with E-state index in [1.807, 2.05) is 0 Å². The van der Waals surface area contributed by atoms with Crippen molar-refractivity contribution in [1.82, 2.24) is 10.6 Å². The lowest BCUT2D eigenvalue weighted by Crippen LogP contribution is -2.68. The summed E-state index contributed by atoms with van der Waals surface area (Å²) in [7, 11) is 0. The number of guanidine groups is 1. The summed E-state index contributed by atoms with van der Waals surface area (Å²) in [5, 5.41) is 7.02. The molecule has 2 N–H and O–H groups in total. The van der Waals surface area contributed by atoms with Gasteiger partial charge < -0.3 is 15.4 Å². The van der Waals surface area contributed by atoms with Crippen molar-refractivity contribution in [2.45, 2.75) is 71.4 Å². The van der Waals surface area contributed by atoms with Crippen LogP contribution in [0.2, 0.25) is 0 Å². The number of nitrogens with zero attached hydrogens (tertiary/aromatic N) is 1. The van der Waals surface area contributed by atoms with Gasteiger partial charge in [0, 0.05) is 31.2 Å². The van der Waals surface area contributed by atoms with Gasteiger partial charge in [-0.25, -0.2) is 0 Å². The molecule has 0 radical (unpaired) electrons. The molecule has 2 rings (SSSR count). The van der Waals surface area contributed by atoms with Gasteiger partial charge in [0.15, 0.2) is 5.96 Å². The quantitative estimate of drug-likeness (QED) is 0.294. The Morgan fingerprint density at radius 3 is 2.57 bits per heavy atom. The van der Waals surface area contributed by atoms with E-state index < -0.39 is 0 Å². The van der Waals surface area contributed by atoms with Crippen LogP contribution in [0.5, 0.6) is 0 Å². The fourth-order valence-electron chi connectivity index (χ4n) is 3.47. The first-order valence-electron chi connectivity index (χ1n) is 8.43. The molecule has 21 heavy (non-hydrogen) atoms. The van der Waals surface area contributed by atoms with E-state index in [0.29, 0.717) is 17.6 Å². The van der Waals surface area contributed by atoms with Crippen molar-refractivity contribution in [1.29, 1.82) is 0 Å². The van der Waals surface area contributed by atoms with Gasteiger partial charge in [0.2, 0.25) is 0 Å². The first-order valence-corrected chi connectivity index (χ1v) is 8.43. The van der Waals surface area contributed by atoms with Crippen molar-refractivity contribution >= 4 is 29.9 Å². The molecule has 0 aromatic heterocycles. The van der Waals surface area contributed by atoms with Crippen molar-refractivity contribution in [2.75, 3.05) is 19.7 Å². The fraction of sp³-hybridized carbons (Fsp3) is 0.938. The van der Waals surface area contributed by atoms with E-state index in [1.54, 1.807) is 0 Å². The average molecular weight is 409 g/mol. The van der Waals surface area contributed by atoms with Crippen LogP contribution in [0.1, 0.15) is 59.3 Å². The highest BCUT2D eigenvalue weighted by Gasteiger charge is 2.59. The van der Waals surface area contributed by atoms with Gasteiger partial charge in [-0.3, -0.25) is 4.99 Å². The largest absolute Gasteiger partial charge is 0.378 e. The van der Waals surface area contributed by atoms with Gasteiger partial charge in [0.25, 0.3) is 0 Å². The third-order valence-electron chi connectivity index (χ3n) is 4.87. The predicted octanol–water partition coefficient (Wildman–Crippen LogP) is 3.31. The summed E-state index contributed by atoms with van der Waals surface area (Å²) >= 11 is 0. The monoisotopic (exact) mass is 409 g/mol. The second-order valence-electron chi connectivity index (χ2n) is 6.08. The SMILES string of the molecule is CCCCN=C(NCC)NC1CC(OCC)C12CCC2.I. The highest BCUT2D eigenvalue weighted by atomic mass is 127. The summed E-state index contributed by atoms with van der Waals surface area (Å²) in [6.45, 7) is 9.11. The lowest BCUT2D eigenvalue weighted by Gasteiger charge is -2.61. The zero-order valence-electron chi connectivity index (χ0n) is 13.8. The number of nitrogens with one attached hydrogen (secondary N) is 2. The number of aliphatic imine (C=N–C) groups is 1. The van der Waals surface area contributed by atoms with Crippen molar-refractivity contribution in [3.8, 4) is 0 Å². The molecule has 2 fully saturated rings. The van der Waals surface area contributed by atoms with Crippen LogP contribution in [0, 0.1) is 5.41 Å². The van der Waals surface area contributed by atoms with Crippen molar-refractivity contribution in [2.24, 2.45) is 10.4 Å². The summed E-state index contributed by atoms with van der Waals surface area (Å²) in [5.74, 6) is 0.993. The Morgan fingerprint density at radius 1 is 1.29 bits per heavy atom. The Bertz CT molecular complexity index is 331. The molecule has 4 nitrogen and oxygen atoms in total. The number of hydrogen-bond acceptors (Lipinski definition) is 2. The van der Waals surface area contributed by atoms with E-state index in [9.17, 15) is 0 Å². The minimum absolute atomic E-state index is 0. The molecule has 2 saturated carbocycles. The molecule has 0 aromatic rings. The highest BCUT2D eigenvalue weighted by molar-refractivity contribution is 14.0. The van der Waals surface area contributed by atoms with Gasteiger partial charge >= 0.3 is 0 Å². The van der Waals surface area contributed by atoms with Gasteiger partial charge in [-0.05, 0) is 39.5 Å². The molecule has 124 valence electrons. The molecule has 0 saturated heterocycles. The molecule has 2 aliphatic rings. The molecule has 2 unspecified atom stereocenters. The molecule has 0 aliphatic heterocycles. The zero-order valence-corrected chi connectivity index (χ0v) is 16.1. The number of rotatable bonds is 7. The summed E-state index contributed by atoms with van der Waals surface area (Å²) < 4.78 is 5.91. The fourth-order valence-corrected chi connectivity index (χ4v) is 3.47. The van der Waals surface area contributed by atoms with Gasteiger partial charge in [-0.2, -0.15) is 0 Å². The van der Waals surface area contributed by atoms with Crippen molar-refractivity contribution < 1.29 is 4.74 Å². The lowest BCUT2D eigenvalue weighted by molar-refractivity contribution is -0.168. The molecule has 5 heteroatoms. The summed E-state index contributed by atoms with van der Waals surface area (Å²) in [6, 6.07) is 0.548. The maximum absolute atomic E-state index is 5.91. The van der Waals surface area contributed by atoms with E-state index in [4.69, 9.17) is 4.74 Å². The molecule has 2 aliphatic carbocycles. The summed E-state index contributed by atoms with van der Waals surface area (Å²) in [6.07, 6.45) is 7.93. The maximum Gasteiger partial charge on any atom is 0.191 e. The van der Waals surface area contributed by atoms with Gasteiger partial charge in [0.05, 0.1) is 6.10 Å². The van der Waals surface area contributed by atoms with Crippen LogP contribution in [0.4, 0.5) is 0 Å². The Kier molecular flexibility index (Phi) is 8.31. The Hall–Kier alpha value is -0.0400. The molecule has 0 heterocycles. The number of hydrogen-bond donors (Lipinski definition) is 2. The van der Waals surface area contributed by atoms with Crippen LogP contribution in [0.15, 0.2) is 4.99 Å². The number of halogens is 1. The van der Waals surface area contributed by atoms with E-state index in [0.717, 1.165) is 38.5 Å². The van der Waals surface area contributed by atoms with E-state index in [2.05, 4.69) is 36.4 Å². The second-order valence-corrected chi connectivity index (χ2v) is 6.08. The van der Waals surface area contributed by atoms with Gasteiger partial charge in [0.1, 0.15) is 0 Å². The van der Waals surface area contributed by atoms with E-state index in [-0.39, 0.29) is 24.0 Å². The average Bonchev–Trinajstić information content (AvgIpc) is 2.35. The minimum atomic E-state index is 0. The van der Waals surface area contributed by atoms with E-state index >= 15 is 0 Å². The van der Waals surface area contributed by atoms with Crippen LogP contribution >= 0.6 is 24.0 Å². The molecular weight excluding hydrogens is 377 g/mol. The number of unbranched alkanes of at least 4 members (excludes halogenated alkanes) is 1. The molecule has 1 spiro atoms. The number of ether oxygens (including phenoxy) is 1. The van der Waals surface area contributed by atoms with Crippen LogP contribution in [0.25, 0.3) is 0 Å². The Labute approximate surface area is 146 Å². The van der Waals surface area contributed by atoms with Gasteiger partial charge in [-0.15, -0.1) is 24.0 Å². The summed E-state index contributed by atoms with van der Waals surface area (Å²) in [4.78, 5) is 4.67. The van der Waals surface area contributed by atoms with Gasteiger partial charge in [-0.1, -0.05) is 19.8 Å². The molecule has 0 bridgehead atoms. The smallest absolute Gasteiger partial charge is 0.191 e. The Balaban J connectivity index is 0.00000220. The van der Waals surface area contributed by atoms with Crippen LogP contribution in [-0.2, 0) is 4.74 Å². The third-order valence-corrected chi connectivity index (χ3v) is 4.87. The maximum atomic E-state index is 5.91. The van der Waals surface area contributed by atoms with Crippen LogP contribution in [-0.4, -0.2) is 37.8 Å². The van der Waals surface area contributed by atoms with Crippen molar-refractivity contribution in [3.05, 3.63) is 0 Å². The minimum Gasteiger partial charge on any atom is -0.378 e.